The van der Waals surface area contributed by atoms with Crippen LogP contribution in [-0.4, -0.2) is 54.1 Å². The summed E-state index contributed by atoms with van der Waals surface area (Å²) in [6.07, 6.45) is 2.10. The average molecular weight is 503 g/mol. The molecule has 0 radical (unpaired) electrons. The van der Waals surface area contributed by atoms with Crippen molar-refractivity contribution in [1.82, 2.24) is 10.2 Å². The van der Waals surface area contributed by atoms with Gasteiger partial charge in [-0.15, -0.1) is 0 Å². The Morgan fingerprint density at radius 2 is 1.83 bits per heavy atom. The first-order valence-corrected chi connectivity index (χ1v) is 10.9. The Balaban J connectivity index is 1.82. The first kappa shape index (κ1) is 25.6. The second kappa shape index (κ2) is 11.4. The SMILES string of the molecule is CCCOc1ccc(CN2C(=O)NC(=O)/C(=C\c3ccc(OCC(=O)O)c(Cl)c3)C2=O)cc1OC. The van der Waals surface area contributed by atoms with E-state index in [0.717, 1.165) is 11.3 Å². The number of aliphatic carboxylic acids is 1. The van der Waals surface area contributed by atoms with E-state index in [1.54, 1.807) is 18.2 Å². The van der Waals surface area contributed by atoms with Crippen LogP contribution in [0.3, 0.4) is 0 Å². The summed E-state index contributed by atoms with van der Waals surface area (Å²) in [5, 5.41) is 11.0. The molecule has 4 amide bonds. The molecule has 2 N–H and O–H groups in total. The van der Waals surface area contributed by atoms with Crippen LogP contribution in [0.1, 0.15) is 24.5 Å². The topological polar surface area (TPSA) is 131 Å². The lowest BCUT2D eigenvalue weighted by Crippen LogP contribution is -2.53. The van der Waals surface area contributed by atoms with Crippen LogP contribution >= 0.6 is 11.6 Å². The van der Waals surface area contributed by atoms with Crippen molar-refractivity contribution in [3.63, 3.8) is 0 Å². The molecule has 0 spiro atoms. The van der Waals surface area contributed by atoms with Crippen molar-refractivity contribution >= 4 is 41.5 Å². The van der Waals surface area contributed by atoms with Crippen LogP contribution < -0.4 is 19.5 Å². The maximum atomic E-state index is 13.0. The second-order valence-corrected chi connectivity index (χ2v) is 7.82. The van der Waals surface area contributed by atoms with E-state index >= 15 is 0 Å². The van der Waals surface area contributed by atoms with E-state index in [-0.39, 0.29) is 22.9 Å². The van der Waals surface area contributed by atoms with Crippen LogP contribution in [0.25, 0.3) is 6.08 Å². The van der Waals surface area contributed by atoms with Gasteiger partial charge in [0.15, 0.2) is 18.1 Å². The number of hydrogen-bond donors (Lipinski definition) is 2. The van der Waals surface area contributed by atoms with Crippen LogP contribution in [0, 0.1) is 0 Å². The molecule has 1 aliphatic heterocycles. The number of carbonyl (C=O) groups excluding carboxylic acids is 3. The van der Waals surface area contributed by atoms with Gasteiger partial charge in [0.25, 0.3) is 11.8 Å². The molecule has 1 fully saturated rings. The van der Waals surface area contributed by atoms with E-state index < -0.39 is 30.4 Å². The molecule has 11 heteroatoms. The van der Waals surface area contributed by atoms with Crippen molar-refractivity contribution in [2.24, 2.45) is 0 Å². The number of imide groups is 2. The van der Waals surface area contributed by atoms with Gasteiger partial charge in [-0.05, 0) is 47.9 Å². The smallest absolute Gasteiger partial charge is 0.341 e. The minimum absolute atomic E-state index is 0.0923. The number of carboxylic acids is 1. The summed E-state index contributed by atoms with van der Waals surface area (Å²) in [6, 6.07) is 8.51. The van der Waals surface area contributed by atoms with Crippen LogP contribution in [-0.2, 0) is 20.9 Å². The van der Waals surface area contributed by atoms with E-state index in [2.05, 4.69) is 5.32 Å². The number of hydrogen-bond acceptors (Lipinski definition) is 7. The van der Waals surface area contributed by atoms with E-state index in [1.807, 2.05) is 6.92 Å². The summed E-state index contributed by atoms with van der Waals surface area (Å²) in [6.45, 7) is 1.80. The number of nitrogens with one attached hydrogen (secondary N) is 1. The van der Waals surface area contributed by atoms with Crippen molar-refractivity contribution in [2.75, 3.05) is 20.3 Å². The summed E-state index contributed by atoms with van der Waals surface area (Å²) >= 11 is 6.12. The van der Waals surface area contributed by atoms with Crippen LogP contribution in [0.15, 0.2) is 42.0 Å². The Morgan fingerprint density at radius 3 is 2.49 bits per heavy atom. The Bertz CT molecular complexity index is 1190. The number of ether oxygens (including phenoxy) is 3. The lowest BCUT2D eigenvalue weighted by molar-refractivity contribution is -0.139. The molecule has 0 aromatic heterocycles. The summed E-state index contributed by atoms with van der Waals surface area (Å²) < 4.78 is 16.0. The van der Waals surface area contributed by atoms with Crippen LogP contribution in [0.2, 0.25) is 5.02 Å². The zero-order valence-electron chi connectivity index (χ0n) is 19.0. The minimum Gasteiger partial charge on any atom is -0.493 e. The highest BCUT2D eigenvalue weighted by molar-refractivity contribution is 6.33. The molecule has 1 heterocycles. The van der Waals surface area contributed by atoms with Gasteiger partial charge in [-0.2, -0.15) is 0 Å². The maximum absolute atomic E-state index is 13.0. The predicted molar refractivity (Wildman–Crippen MR) is 125 cm³/mol. The number of halogens is 1. The lowest BCUT2D eigenvalue weighted by Gasteiger charge is -2.26. The molecule has 0 atom stereocenters. The molecule has 3 rings (SSSR count). The van der Waals surface area contributed by atoms with Gasteiger partial charge in [0.2, 0.25) is 0 Å². The summed E-state index contributed by atoms with van der Waals surface area (Å²) in [5.74, 6) is -1.68. The third-order valence-electron chi connectivity index (χ3n) is 4.83. The van der Waals surface area contributed by atoms with E-state index in [9.17, 15) is 19.2 Å². The van der Waals surface area contributed by atoms with Gasteiger partial charge in [-0.3, -0.25) is 19.8 Å². The van der Waals surface area contributed by atoms with Gasteiger partial charge in [-0.1, -0.05) is 30.7 Å². The number of carboxylic acid groups (broad SMARTS) is 1. The molecule has 0 aliphatic carbocycles. The third kappa shape index (κ3) is 6.30. The van der Waals surface area contributed by atoms with Crippen molar-refractivity contribution in [3.05, 3.63) is 58.1 Å². The Morgan fingerprint density at radius 1 is 1.09 bits per heavy atom. The largest absolute Gasteiger partial charge is 0.493 e. The zero-order valence-corrected chi connectivity index (χ0v) is 19.8. The molecule has 0 saturated carbocycles. The Hall–Kier alpha value is -4.05. The summed E-state index contributed by atoms with van der Waals surface area (Å²) in [4.78, 5) is 49.4. The monoisotopic (exact) mass is 502 g/mol. The summed E-state index contributed by atoms with van der Waals surface area (Å²) in [7, 11) is 1.49. The molecule has 2 aromatic carbocycles. The molecular weight excluding hydrogens is 480 g/mol. The Labute approximate surface area is 206 Å². The third-order valence-corrected chi connectivity index (χ3v) is 5.13. The normalized spacial score (nSPS) is 14.7. The number of nitrogens with zero attached hydrogens (tertiary/aromatic N) is 1. The van der Waals surface area contributed by atoms with Crippen molar-refractivity contribution in [2.45, 2.75) is 19.9 Å². The molecular formula is C24H23ClN2O8. The highest BCUT2D eigenvalue weighted by atomic mass is 35.5. The molecule has 1 saturated heterocycles. The number of rotatable bonds is 10. The summed E-state index contributed by atoms with van der Waals surface area (Å²) in [5.41, 5.74) is 0.699. The molecule has 2 aromatic rings. The molecule has 184 valence electrons. The number of amides is 4. The fraction of sp³-hybridized carbons (Fsp3) is 0.250. The van der Waals surface area contributed by atoms with Crippen LogP contribution in [0.4, 0.5) is 4.79 Å². The fourth-order valence-electron chi connectivity index (χ4n) is 3.19. The van der Waals surface area contributed by atoms with Gasteiger partial charge >= 0.3 is 12.0 Å². The van der Waals surface area contributed by atoms with Gasteiger partial charge < -0.3 is 19.3 Å². The quantitative estimate of drug-likeness (QED) is 0.374. The molecule has 0 unspecified atom stereocenters. The fourth-order valence-corrected chi connectivity index (χ4v) is 3.44. The van der Waals surface area contributed by atoms with E-state index in [0.29, 0.717) is 29.2 Å². The van der Waals surface area contributed by atoms with Crippen molar-refractivity contribution in [3.8, 4) is 17.2 Å². The second-order valence-electron chi connectivity index (χ2n) is 7.41. The molecule has 1 aliphatic rings. The highest BCUT2D eigenvalue weighted by Gasteiger charge is 2.35. The van der Waals surface area contributed by atoms with E-state index in [4.69, 9.17) is 30.9 Å². The van der Waals surface area contributed by atoms with Crippen molar-refractivity contribution < 1.29 is 38.5 Å². The molecule has 0 bridgehead atoms. The Kier molecular flexibility index (Phi) is 8.32. The van der Waals surface area contributed by atoms with Crippen molar-refractivity contribution in [1.29, 1.82) is 0 Å². The number of urea groups is 1. The number of benzene rings is 2. The number of methoxy groups -OCH3 is 1. The molecule has 10 nitrogen and oxygen atoms in total. The minimum atomic E-state index is -1.16. The number of carbonyl (C=O) groups is 4. The number of barbiturate groups is 1. The highest BCUT2D eigenvalue weighted by Crippen LogP contribution is 2.30. The van der Waals surface area contributed by atoms with Gasteiger partial charge in [0.05, 0.1) is 25.3 Å². The first-order chi connectivity index (χ1) is 16.7. The van der Waals surface area contributed by atoms with Crippen LogP contribution in [0.5, 0.6) is 17.2 Å². The zero-order chi connectivity index (χ0) is 25.5. The maximum Gasteiger partial charge on any atom is 0.341 e. The van der Waals surface area contributed by atoms with Gasteiger partial charge in [-0.25, -0.2) is 9.59 Å². The average Bonchev–Trinajstić information content (AvgIpc) is 2.82. The standard InChI is InChI=1S/C24H23ClN2O8/c1-3-8-34-19-7-5-15(11-20(19)33-2)12-27-23(31)16(22(30)26-24(27)32)9-14-4-6-18(17(25)10-14)35-13-21(28)29/h4-7,9-11H,3,8,12-13H2,1-2H3,(H,28,29)(H,26,30,32)/b16-9+. The van der Waals surface area contributed by atoms with Gasteiger partial charge in [0.1, 0.15) is 11.3 Å². The predicted octanol–water partition coefficient (Wildman–Crippen LogP) is 3.26. The first-order valence-electron chi connectivity index (χ1n) is 10.6. The lowest BCUT2D eigenvalue weighted by atomic mass is 10.1. The molecule has 35 heavy (non-hydrogen) atoms. The van der Waals surface area contributed by atoms with E-state index in [1.165, 1.54) is 31.4 Å². The van der Waals surface area contributed by atoms with Gasteiger partial charge in [0, 0.05) is 0 Å².